The number of hydrogen-bond acceptors (Lipinski definition) is 2. The first kappa shape index (κ1) is 10.7. The monoisotopic (exact) mass is 212 g/mol. The van der Waals surface area contributed by atoms with Gasteiger partial charge in [-0.15, -0.1) is 0 Å². The zero-order chi connectivity index (χ0) is 11.2. The van der Waals surface area contributed by atoms with Crippen molar-refractivity contribution in [3.05, 3.63) is 59.9 Å². The minimum atomic E-state index is 0.798. The van der Waals surface area contributed by atoms with Crippen LogP contribution in [0.3, 0.4) is 0 Å². The van der Waals surface area contributed by atoms with Crippen LogP contribution in [0.25, 0.3) is 0 Å². The van der Waals surface area contributed by atoms with E-state index in [0.717, 1.165) is 18.6 Å². The molecule has 0 aliphatic heterocycles. The molecular weight excluding hydrogens is 198 g/mol. The van der Waals surface area contributed by atoms with Crippen LogP contribution < -0.4 is 4.74 Å². The molecule has 0 amide bonds. The highest BCUT2D eigenvalue weighted by atomic mass is 16.5. The van der Waals surface area contributed by atoms with Crippen LogP contribution in [0.4, 0.5) is 0 Å². The van der Waals surface area contributed by atoms with Crippen molar-refractivity contribution >= 4 is 0 Å². The van der Waals surface area contributed by atoms with Gasteiger partial charge in [-0.2, -0.15) is 0 Å². The van der Waals surface area contributed by atoms with E-state index in [1.165, 1.54) is 11.1 Å². The highest BCUT2D eigenvalue weighted by Crippen LogP contribution is 2.13. The number of aromatic nitrogens is 1. The van der Waals surface area contributed by atoms with Gasteiger partial charge in [0.25, 0.3) is 0 Å². The van der Waals surface area contributed by atoms with Gasteiger partial charge < -0.3 is 4.74 Å². The summed E-state index contributed by atoms with van der Waals surface area (Å²) in [5.41, 5.74) is 2.58. The molecule has 0 fully saturated rings. The molecule has 0 aliphatic carbocycles. The van der Waals surface area contributed by atoms with E-state index in [1.54, 1.807) is 7.11 Å². The number of ether oxygens (including phenoxy) is 1. The van der Waals surface area contributed by atoms with Gasteiger partial charge in [-0.05, 0) is 42.2 Å². The van der Waals surface area contributed by atoms with Gasteiger partial charge in [0, 0.05) is 18.5 Å². The van der Waals surface area contributed by atoms with Gasteiger partial charge in [0.05, 0.1) is 7.11 Å². The predicted molar refractivity (Wildman–Crippen MR) is 63.5 cm³/mol. The molecule has 1 aromatic carbocycles. The molecule has 1 aromatic heterocycles. The molecule has 0 atom stereocenters. The first-order chi connectivity index (χ1) is 7.88. The molecule has 1 radical (unpaired) electrons. The number of aryl methyl sites for hydroxylation is 2. The topological polar surface area (TPSA) is 22.1 Å². The van der Waals surface area contributed by atoms with E-state index in [-0.39, 0.29) is 0 Å². The standard InChI is InChI=1S/C14H14NO/c1-16-14-4-2-3-13(11-14)6-5-12-7-9-15-10-8-12/h2-3,7-11H,5-6H2,1H3. The minimum absolute atomic E-state index is 0.798. The summed E-state index contributed by atoms with van der Waals surface area (Å²) in [6, 6.07) is 13.1. The van der Waals surface area contributed by atoms with Crippen molar-refractivity contribution in [3.63, 3.8) is 0 Å². The molecule has 0 saturated carbocycles. The van der Waals surface area contributed by atoms with E-state index >= 15 is 0 Å². The highest BCUT2D eigenvalue weighted by molar-refractivity contribution is 5.28. The number of nitrogens with zero attached hydrogens (tertiary/aromatic N) is 1. The fraction of sp³-hybridized carbons (Fsp3) is 0.214. The van der Waals surface area contributed by atoms with Gasteiger partial charge in [0.2, 0.25) is 0 Å². The number of hydrogen-bond donors (Lipinski definition) is 0. The largest absolute Gasteiger partial charge is 0.496 e. The van der Waals surface area contributed by atoms with Gasteiger partial charge >= 0.3 is 0 Å². The van der Waals surface area contributed by atoms with Gasteiger partial charge in [-0.25, -0.2) is 0 Å². The molecule has 0 N–H and O–H groups in total. The lowest BCUT2D eigenvalue weighted by Gasteiger charge is -2.04. The average Bonchev–Trinajstić information content (AvgIpc) is 2.38. The van der Waals surface area contributed by atoms with Gasteiger partial charge in [0.1, 0.15) is 5.75 Å². The van der Waals surface area contributed by atoms with Crippen molar-refractivity contribution in [2.75, 3.05) is 7.11 Å². The molecule has 81 valence electrons. The van der Waals surface area contributed by atoms with Crippen molar-refractivity contribution in [2.45, 2.75) is 12.8 Å². The Morgan fingerprint density at radius 3 is 2.62 bits per heavy atom. The van der Waals surface area contributed by atoms with Crippen LogP contribution >= 0.6 is 0 Å². The Bertz CT molecular complexity index is 439. The maximum atomic E-state index is 5.14. The summed E-state index contributed by atoms with van der Waals surface area (Å²) in [5.74, 6) is 0.798. The maximum Gasteiger partial charge on any atom is 0.127 e. The first-order valence-corrected chi connectivity index (χ1v) is 5.32. The van der Waals surface area contributed by atoms with E-state index in [2.05, 4.69) is 17.1 Å². The molecule has 2 nitrogen and oxygen atoms in total. The van der Waals surface area contributed by atoms with Crippen LogP contribution in [0.1, 0.15) is 11.1 Å². The zero-order valence-electron chi connectivity index (χ0n) is 9.31. The second-order valence-electron chi connectivity index (χ2n) is 3.62. The summed E-state index contributed by atoms with van der Waals surface area (Å²) in [6.45, 7) is 0. The van der Waals surface area contributed by atoms with Crippen LogP contribution in [-0.4, -0.2) is 12.1 Å². The lowest BCUT2D eigenvalue weighted by atomic mass is 10.1. The van der Waals surface area contributed by atoms with E-state index in [4.69, 9.17) is 4.74 Å². The van der Waals surface area contributed by atoms with E-state index in [9.17, 15) is 0 Å². The Morgan fingerprint density at radius 1 is 1.12 bits per heavy atom. The van der Waals surface area contributed by atoms with Crippen LogP contribution in [0.15, 0.2) is 42.7 Å². The molecule has 2 rings (SSSR count). The maximum absolute atomic E-state index is 5.14. The minimum Gasteiger partial charge on any atom is -0.496 e. The SMILES string of the molecule is COc1[c]ccc(CCc2ccncc2)c1. The third-order valence-electron chi connectivity index (χ3n) is 2.51. The smallest absolute Gasteiger partial charge is 0.127 e. The summed E-state index contributed by atoms with van der Waals surface area (Å²) >= 11 is 0. The fourth-order valence-electron chi connectivity index (χ4n) is 1.60. The Balaban J connectivity index is 1.99. The third kappa shape index (κ3) is 2.83. The highest BCUT2D eigenvalue weighted by Gasteiger charge is 1.97. The van der Waals surface area contributed by atoms with Crippen molar-refractivity contribution in [1.29, 1.82) is 0 Å². The molecule has 0 bridgehead atoms. The quantitative estimate of drug-likeness (QED) is 0.777. The average molecular weight is 212 g/mol. The third-order valence-corrected chi connectivity index (χ3v) is 2.51. The summed E-state index contributed by atoms with van der Waals surface area (Å²) in [6.07, 6.45) is 5.69. The summed E-state index contributed by atoms with van der Waals surface area (Å²) < 4.78 is 5.14. The Hall–Kier alpha value is -1.83. The van der Waals surface area contributed by atoms with Crippen LogP contribution in [0, 0.1) is 6.07 Å². The normalized spacial score (nSPS) is 10.1. The number of benzene rings is 1. The second kappa shape index (κ2) is 5.31. The molecule has 0 spiro atoms. The molecule has 0 aliphatic rings. The second-order valence-corrected chi connectivity index (χ2v) is 3.62. The summed E-state index contributed by atoms with van der Waals surface area (Å²) in [7, 11) is 1.67. The summed E-state index contributed by atoms with van der Waals surface area (Å²) in [5, 5.41) is 0. The van der Waals surface area contributed by atoms with Gasteiger partial charge in [0.15, 0.2) is 0 Å². The molecular formula is C14H14NO. The lowest BCUT2D eigenvalue weighted by molar-refractivity contribution is 0.413. The molecule has 0 unspecified atom stereocenters. The molecule has 16 heavy (non-hydrogen) atoms. The molecule has 2 heteroatoms. The fourth-order valence-corrected chi connectivity index (χ4v) is 1.60. The van der Waals surface area contributed by atoms with Crippen molar-refractivity contribution in [2.24, 2.45) is 0 Å². The van der Waals surface area contributed by atoms with E-state index < -0.39 is 0 Å². The van der Waals surface area contributed by atoms with Gasteiger partial charge in [-0.3, -0.25) is 4.98 Å². The summed E-state index contributed by atoms with van der Waals surface area (Å²) in [4.78, 5) is 4.00. The Labute approximate surface area is 95.9 Å². The van der Waals surface area contributed by atoms with Crippen LogP contribution in [0.2, 0.25) is 0 Å². The number of rotatable bonds is 4. The lowest BCUT2D eigenvalue weighted by Crippen LogP contribution is -1.92. The number of methoxy groups -OCH3 is 1. The molecule has 0 saturated heterocycles. The van der Waals surface area contributed by atoms with Crippen LogP contribution in [-0.2, 0) is 12.8 Å². The first-order valence-electron chi connectivity index (χ1n) is 5.32. The van der Waals surface area contributed by atoms with Crippen molar-refractivity contribution < 1.29 is 4.74 Å². The van der Waals surface area contributed by atoms with E-state index in [0.29, 0.717) is 0 Å². The van der Waals surface area contributed by atoms with Crippen molar-refractivity contribution in [1.82, 2.24) is 4.98 Å². The Kier molecular flexibility index (Phi) is 3.54. The molecule has 1 heterocycles. The van der Waals surface area contributed by atoms with Crippen LogP contribution in [0.5, 0.6) is 5.75 Å². The Morgan fingerprint density at radius 2 is 1.88 bits per heavy atom. The predicted octanol–water partition coefficient (Wildman–Crippen LogP) is 2.68. The number of pyridine rings is 1. The van der Waals surface area contributed by atoms with Crippen molar-refractivity contribution in [3.8, 4) is 5.75 Å². The van der Waals surface area contributed by atoms with E-state index in [1.807, 2.05) is 36.7 Å². The zero-order valence-corrected chi connectivity index (χ0v) is 9.31. The molecule has 2 aromatic rings. The van der Waals surface area contributed by atoms with Gasteiger partial charge in [-0.1, -0.05) is 12.1 Å².